The summed E-state index contributed by atoms with van der Waals surface area (Å²) in [4.78, 5) is 11.7. The van der Waals surface area contributed by atoms with E-state index in [1.54, 1.807) is 0 Å². The number of aromatic nitrogens is 1. The van der Waals surface area contributed by atoms with Crippen LogP contribution in [0.3, 0.4) is 0 Å². The lowest BCUT2D eigenvalue weighted by atomic mass is 10.2. The Hall–Kier alpha value is -1.36. The van der Waals surface area contributed by atoms with Crippen molar-refractivity contribution in [3.8, 4) is 0 Å². The number of amides is 1. The number of nitrogens with one attached hydrogen (secondary N) is 2. The lowest BCUT2D eigenvalue weighted by Crippen LogP contribution is -2.39. The summed E-state index contributed by atoms with van der Waals surface area (Å²) < 4.78 is 5.07. The predicted octanol–water partition coefficient (Wildman–Crippen LogP) is 1.44. The summed E-state index contributed by atoms with van der Waals surface area (Å²) in [7, 11) is 0. The van der Waals surface area contributed by atoms with Gasteiger partial charge in [0.25, 0.3) is 0 Å². The molecule has 0 spiro atoms. The summed E-state index contributed by atoms with van der Waals surface area (Å²) in [5.74, 6) is 0.893. The highest BCUT2D eigenvalue weighted by Gasteiger charge is 2.16. The molecule has 1 fully saturated rings. The average molecular weight is 251 g/mol. The highest BCUT2D eigenvalue weighted by Crippen LogP contribution is 2.17. The number of hydrogen-bond donors (Lipinski definition) is 2. The Labute approximate surface area is 107 Å². The van der Waals surface area contributed by atoms with Crippen LogP contribution in [0.25, 0.3) is 0 Å². The monoisotopic (exact) mass is 251 g/mol. The highest BCUT2D eigenvalue weighted by molar-refractivity contribution is 5.78. The fraction of sp³-hybridized carbons (Fsp3) is 0.692. The van der Waals surface area contributed by atoms with Crippen molar-refractivity contribution < 1.29 is 9.32 Å². The van der Waals surface area contributed by atoms with Crippen molar-refractivity contribution in [2.24, 2.45) is 0 Å². The molecule has 0 aliphatic heterocycles. The van der Waals surface area contributed by atoms with Crippen LogP contribution in [-0.4, -0.2) is 23.7 Å². The molecule has 2 N–H and O–H groups in total. The van der Waals surface area contributed by atoms with E-state index in [0.717, 1.165) is 29.9 Å². The molecule has 1 saturated carbocycles. The maximum atomic E-state index is 11.7. The van der Waals surface area contributed by atoms with Gasteiger partial charge in [-0.1, -0.05) is 18.0 Å². The van der Waals surface area contributed by atoms with E-state index in [0.29, 0.717) is 19.1 Å². The van der Waals surface area contributed by atoms with Gasteiger partial charge in [0.15, 0.2) is 0 Å². The first-order valence-corrected chi connectivity index (χ1v) is 6.58. The first-order valence-electron chi connectivity index (χ1n) is 6.58. The summed E-state index contributed by atoms with van der Waals surface area (Å²) in [6.45, 7) is 4.77. The minimum Gasteiger partial charge on any atom is -0.361 e. The Morgan fingerprint density at radius 2 is 2.11 bits per heavy atom. The molecule has 1 heterocycles. The number of nitrogens with zero attached hydrogens (tertiary/aromatic N) is 1. The van der Waals surface area contributed by atoms with E-state index in [9.17, 15) is 4.79 Å². The summed E-state index contributed by atoms with van der Waals surface area (Å²) in [6, 6.07) is 0.387. The Kier molecular flexibility index (Phi) is 4.36. The van der Waals surface area contributed by atoms with Crippen LogP contribution in [-0.2, 0) is 11.3 Å². The zero-order valence-electron chi connectivity index (χ0n) is 11.1. The van der Waals surface area contributed by atoms with E-state index in [1.807, 2.05) is 13.8 Å². The topological polar surface area (TPSA) is 67.2 Å². The molecule has 1 aromatic heterocycles. The normalized spacial score (nSPS) is 16.1. The van der Waals surface area contributed by atoms with Crippen LogP contribution < -0.4 is 10.6 Å². The molecule has 5 nitrogen and oxygen atoms in total. The van der Waals surface area contributed by atoms with Gasteiger partial charge in [-0.05, 0) is 26.7 Å². The maximum absolute atomic E-state index is 11.7. The summed E-state index contributed by atoms with van der Waals surface area (Å²) in [6.07, 6.45) is 4.71. The van der Waals surface area contributed by atoms with Crippen molar-refractivity contribution in [1.29, 1.82) is 0 Å². The van der Waals surface area contributed by atoms with Gasteiger partial charge in [-0.2, -0.15) is 0 Å². The van der Waals surface area contributed by atoms with E-state index in [-0.39, 0.29) is 5.91 Å². The van der Waals surface area contributed by atoms with Crippen LogP contribution in [0.15, 0.2) is 4.52 Å². The third-order valence-corrected chi connectivity index (χ3v) is 3.49. The third-order valence-electron chi connectivity index (χ3n) is 3.49. The number of carbonyl (C=O) groups excluding carboxylic acids is 1. The van der Waals surface area contributed by atoms with Gasteiger partial charge in [-0.15, -0.1) is 0 Å². The van der Waals surface area contributed by atoms with Crippen molar-refractivity contribution >= 4 is 5.91 Å². The molecule has 1 amide bonds. The fourth-order valence-corrected chi connectivity index (χ4v) is 2.40. The lowest BCUT2D eigenvalue weighted by Gasteiger charge is -2.12. The van der Waals surface area contributed by atoms with E-state index in [1.165, 1.54) is 12.8 Å². The van der Waals surface area contributed by atoms with Crippen molar-refractivity contribution in [3.05, 3.63) is 17.0 Å². The lowest BCUT2D eigenvalue weighted by molar-refractivity contribution is -0.120. The molecule has 0 bridgehead atoms. The molecule has 0 aromatic carbocycles. The van der Waals surface area contributed by atoms with Crippen molar-refractivity contribution in [2.75, 3.05) is 6.54 Å². The van der Waals surface area contributed by atoms with Gasteiger partial charge >= 0.3 is 0 Å². The Bertz CT molecular complexity index is 389. The maximum Gasteiger partial charge on any atom is 0.234 e. The second-order valence-electron chi connectivity index (χ2n) is 4.96. The molecular weight excluding hydrogens is 230 g/mol. The molecule has 0 atom stereocenters. The van der Waals surface area contributed by atoms with Gasteiger partial charge in [0.05, 0.1) is 12.2 Å². The van der Waals surface area contributed by atoms with Crippen molar-refractivity contribution in [1.82, 2.24) is 15.8 Å². The van der Waals surface area contributed by atoms with Gasteiger partial charge in [0.1, 0.15) is 5.76 Å². The van der Waals surface area contributed by atoms with Crippen LogP contribution in [0.4, 0.5) is 0 Å². The van der Waals surface area contributed by atoms with Crippen LogP contribution in [0, 0.1) is 13.8 Å². The second-order valence-corrected chi connectivity index (χ2v) is 4.96. The summed E-state index contributed by atoms with van der Waals surface area (Å²) >= 11 is 0. The summed E-state index contributed by atoms with van der Waals surface area (Å²) in [5.41, 5.74) is 1.93. The van der Waals surface area contributed by atoms with E-state index in [2.05, 4.69) is 15.8 Å². The van der Waals surface area contributed by atoms with Crippen LogP contribution >= 0.6 is 0 Å². The summed E-state index contributed by atoms with van der Waals surface area (Å²) in [5, 5.41) is 10.1. The Balaban J connectivity index is 1.70. The largest absolute Gasteiger partial charge is 0.361 e. The van der Waals surface area contributed by atoms with Gasteiger partial charge in [-0.25, -0.2) is 0 Å². The third kappa shape index (κ3) is 3.32. The van der Waals surface area contributed by atoms with E-state index in [4.69, 9.17) is 4.52 Å². The predicted molar refractivity (Wildman–Crippen MR) is 68.1 cm³/mol. The second kappa shape index (κ2) is 6.00. The van der Waals surface area contributed by atoms with Crippen LogP contribution in [0.5, 0.6) is 0 Å². The number of carbonyl (C=O) groups is 1. The smallest absolute Gasteiger partial charge is 0.234 e. The highest BCUT2D eigenvalue weighted by atomic mass is 16.5. The van der Waals surface area contributed by atoms with Crippen LogP contribution in [0.2, 0.25) is 0 Å². The molecule has 0 saturated heterocycles. The molecular formula is C13H21N3O2. The molecule has 2 rings (SSSR count). The number of rotatable bonds is 5. The number of aryl methyl sites for hydroxylation is 2. The molecule has 0 radical (unpaired) electrons. The average Bonchev–Trinajstić information content (AvgIpc) is 2.93. The standard InChI is InChI=1S/C13H21N3O2/c1-9-12(10(2)18-16-9)7-14-8-13(17)15-11-5-3-4-6-11/h11,14H,3-8H2,1-2H3,(H,15,17). The molecule has 5 heteroatoms. The molecule has 1 aromatic rings. The molecule has 0 unspecified atom stereocenters. The fourth-order valence-electron chi connectivity index (χ4n) is 2.40. The first kappa shape index (κ1) is 13.1. The van der Waals surface area contributed by atoms with Crippen molar-refractivity contribution in [2.45, 2.75) is 52.1 Å². The minimum atomic E-state index is 0.0775. The Morgan fingerprint density at radius 3 is 2.72 bits per heavy atom. The zero-order chi connectivity index (χ0) is 13.0. The molecule has 1 aliphatic carbocycles. The Morgan fingerprint density at radius 1 is 1.39 bits per heavy atom. The molecule has 1 aliphatic rings. The quantitative estimate of drug-likeness (QED) is 0.831. The van der Waals surface area contributed by atoms with Crippen LogP contribution in [0.1, 0.15) is 42.7 Å². The van der Waals surface area contributed by atoms with Gasteiger partial charge < -0.3 is 15.2 Å². The van der Waals surface area contributed by atoms with E-state index >= 15 is 0 Å². The molecule has 100 valence electrons. The molecule has 18 heavy (non-hydrogen) atoms. The zero-order valence-corrected chi connectivity index (χ0v) is 11.1. The van der Waals surface area contributed by atoms with Gasteiger partial charge in [0, 0.05) is 18.2 Å². The number of hydrogen-bond acceptors (Lipinski definition) is 4. The van der Waals surface area contributed by atoms with E-state index < -0.39 is 0 Å². The van der Waals surface area contributed by atoms with Gasteiger partial charge in [-0.3, -0.25) is 4.79 Å². The minimum absolute atomic E-state index is 0.0775. The van der Waals surface area contributed by atoms with Crippen molar-refractivity contribution in [3.63, 3.8) is 0 Å². The first-order chi connectivity index (χ1) is 8.66. The SMILES string of the molecule is Cc1noc(C)c1CNCC(=O)NC1CCCC1. The van der Waals surface area contributed by atoms with Gasteiger partial charge in [0.2, 0.25) is 5.91 Å².